The van der Waals surface area contributed by atoms with E-state index in [0.29, 0.717) is 28.9 Å². The number of hydrogen-bond acceptors (Lipinski definition) is 4. The van der Waals surface area contributed by atoms with Crippen molar-refractivity contribution in [2.24, 2.45) is 4.99 Å². The molecule has 26 heavy (non-hydrogen) atoms. The Hall–Kier alpha value is -2.98. The lowest BCUT2D eigenvalue weighted by atomic mass is 10.1. The molecule has 1 aromatic carbocycles. The number of benzene rings is 1. The highest BCUT2D eigenvalue weighted by atomic mass is 35.5. The summed E-state index contributed by atoms with van der Waals surface area (Å²) < 4.78 is 0. The number of hydrogen-bond donors (Lipinski definition) is 1. The molecule has 0 aliphatic carbocycles. The molecule has 0 fully saturated rings. The van der Waals surface area contributed by atoms with Crippen molar-refractivity contribution < 1.29 is 9.90 Å². The van der Waals surface area contributed by atoms with E-state index in [1.165, 1.54) is 6.20 Å². The topological polar surface area (TPSA) is 62.6 Å². The molecule has 0 aliphatic heterocycles. The third-order valence-electron chi connectivity index (χ3n) is 3.63. The second-order valence-corrected chi connectivity index (χ2v) is 6.01. The van der Waals surface area contributed by atoms with Crippen LogP contribution in [0.4, 0.5) is 0 Å². The summed E-state index contributed by atoms with van der Waals surface area (Å²) in [6.45, 7) is 5.10. The number of aliphatic imine (C=N–C) groups is 1. The Balaban J connectivity index is 2.22. The molecule has 0 saturated carbocycles. The first-order valence-electron chi connectivity index (χ1n) is 7.92. The van der Waals surface area contributed by atoms with Crippen molar-refractivity contribution in [3.63, 3.8) is 0 Å². The van der Waals surface area contributed by atoms with Gasteiger partial charge in [0, 0.05) is 30.1 Å². The van der Waals surface area contributed by atoms with Gasteiger partial charge in [0.1, 0.15) is 12.0 Å². The number of rotatable bonds is 7. The van der Waals surface area contributed by atoms with E-state index in [0.717, 1.165) is 16.8 Å². The lowest BCUT2D eigenvalue weighted by Gasteiger charge is -2.07. The van der Waals surface area contributed by atoms with Crippen LogP contribution < -0.4 is 0 Å². The Bertz CT molecular complexity index is 881. The standard InChI is InChI=1S/C21H19ClN2O2/c1-15(14-25)21(22)18(13-23-2)12-19-11-17(9-10-24-19)4-3-16-5-7-20(26)8-6-16/h3-11,13-14,26H,2,12H2,1H3/b4-3+,18-13-,21-15-. The lowest BCUT2D eigenvalue weighted by Crippen LogP contribution is -1.97. The quantitative estimate of drug-likeness (QED) is 0.331. The second-order valence-electron chi connectivity index (χ2n) is 5.63. The van der Waals surface area contributed by atoms with E-state index in [4.69, 9.17) is 11.6 Å². The van der Waals surface area contributed by atoms with Crippen LogP contribution in [-0.2, 0) is 11.2 Å². The third kappa shape index (κ3) is 5.53. The van der Waals surface area contributed by atoms with Crippen LogP contribution >= 0.6 is 11.6 Å². The first kappa shape index (κ1) is 19.3. The number of aromatic hydroxyl groups is 1. The molecular formula is C21H19ClN2O2. The lowest BCUT2D eigenvalue weighted by molar-refractivity contribution is -0.104. The van der Waals surface area contributed by atoms with Crippen LogP contribution in [0.3, 0.4) is 0 Å². The van der Waals surface area contributed by atoms with Gasteiger partial charge in [-0.05, 0) is 54.6 Å². The van der Waals surface area contributed by atoms with Crippen molar-refractivity contribution in [3.8, 4) is 5.75 Å². The number of carbonyl (C=O) groups excluding carboxylic acids is 1. The number of pyridine rings is 1. The van der Waals surface area contributed by atoms with Crippen LogP contribution in [0.1, 0.15) is 23.7 Å². The van der Waals surface area contributed by atoms with Crippen molar-refractivity contribution in [2.45, 2.75) is 13.3 Å². The zero-order valence-corrected chi connectivity index (χ0v) is 15.1. The third-order valence-corrected chi connectivity index (χ3v) is 4.17. The number of aromatic nitrogens is 1. The van der Waals surface area contributed by atoms with Crippen LogP contribution in [0.25, 0.3) is 12.2 Å². The SMILES string of the molecule is C=N/C=C(Cc1cc(/C=C/c2ccc(O)cc2)ccn1)\C(Cl)=C(/C)C=O. The summed E-state index contributed by atoms with van der Waals surface area (Å²) in [5, 5.41) is 9.68. The van der Waals surface area contributed by atoms with E-state index in [-0.39, 0.29) is 5.75 Å². The van der Waals surface area contributed by atoms with Crippen LogP contribution in [-0.4, -0.2) is 23.1 Å². The average molecular weight is 367 g/mol. The Morgan fingerprint density at radius 1 is 1.23 bits per heavy atom. The van der Waals surface area contributed by atoms with Crippen molar-refractivity contribution in [1.82, 2.24) is 4.98 Å². The normalized spacial score (nSPS) is 12.8. The molecule has 1 aromatic heterocycles. The highest BCUT2D eigenvalue weighted by Crippen LogP contribution is 2.23. The molecule has 0 bridgehead atoms. The fourth-order valence-electron chi connectivity index (χ4n) is 2.27. The molecule has 2 rings (SSSR count). The maximum absolute atomic E-state index is 10.9. The number of halogens is 1. The second kappa shape index (κ2) is 9.49. The van der Waals surface area contributed by atoms with E-state index >= 15 is 0 Å². The van der Waals surface area contributed by atoms with Crippen molar-refractivity contribution in [3.05, 3.63) is 81.8 Å². The Labute approximate surface area is 157 Å². The van der Waals surface area contributed by atoms with Crippen molar-refractivity contribution >= 4 is 36.8 Å². The van der Waals surface area contributed by atoms with Gasteiger partial charge in [0.05, 0.1) is 5.03 Å². The molecule has 1 N–H and O–H groups in total. The Morgan fingerprint density at radius 3 is 2.58 bits per heavy atom. The van der Waals surface area contributed by atoms with Crippen LogP contribution in [0, 0.1) is 0 Å². The molecule has 0 aliphatic rings. The van der Waals surface area contributed by atoms with E-state index in [1.54, 1.807) is 25.3 Å². The Kier molecular flexibility index (Phi) is 7.06. The number of allylic oxidation sites excluding steroid dienone is 3. The van der Waals surface area contributed by atoms with E-state index in [2.05, 4.69) is 16.7 Å². The van der Waals surface area contributed by atoms with Crippen molar-refractivity contribution in [2.75, 3.05) is 0 Å². The molecule has 1 heterocycles. The fraction of sp³-hybridized carbons (Fsp3) is 0.0952. The van der Waals surface area contributed by atoms with Gasteiger partial charge in [-0.25, -0.2) is 0 Å². The van der Waals surface area contributed by atoms with Gasteiger partial charge in [-0.15, -0.1) is 0 Å². The predicted molar refractivity (Wildman–Crippen MR) is 107 cm³/mol. The van der Waals surface area contributed by atoms with E-state index in [1.807, 2.05) is 36.4 Å². The minimum absolute atomic E-state index is 0.235. The molecule has 0 unspecified atom stereocenters. The number of nitrogens with zero attached hydrogens (tertiary/aromatic N) is 2. The van der Waals surface area contributed by atoms with Crippen molar-refractivity contribution in [1.29, 1.82) is 0 Å². The van der Waals surface area contributed by atoms with E-state index < -0.39 is 0 Å². The van der Waals surface area contributed by atoms with E-state index in [9.17, 15) is 9.90 Å². The van der Waals surface area contributed by atoms with Gasteiger partial charge in [0.2, 0.25) is 0 Å². The maximum Gasteiger partial charge on any atom is 0.147 e. The molecule has 0 saturated heterocycles. The molecule has 5 heteroatoms. The van der Waals surface area contributed by atoms with Crippen LogP contribution in [0.5, 0.6) is 5.75 Å². The molecule has 2 aromatic rings. The number of phenols is 1. The minimum atomic E-state index is 0.235. The summed E-state index contributed by atoms with van der Waals surface area (Å²) in [6, 6.07) is 10.8. The monoisotopic (exact) mass is 366 g/mol. The number of phenolic OH excluding ortho intramolecular Hbond substituents is 1. The molecule has 0 atom stereocenters. The van der Waals surface area contributed by atoms with Gasteiger partial charge in [0.25, 0.3) is 0 Å². The van der Waals surface area contributed by atoms with Gasteiger partial charge in [-0.2, -0.15) is 0 Å². The Morgan fingerprint density at radius 2 is 1.92 bits per heavy atom. The fourth-order valence-corrected chi connectivity index (χ4v) is 2.43. The summed E-state index contributed by atoms with van der Waals surface area (Å²) >= 11 is 6.25. The minimum Gasteiger partial charge on any atom is -0.508 e. The summed E-state index contributed by atoms with van der Waals surface area (Å²) in [7, 11) is 0. The summed E-state index contributed by atoms with van der Waals surface area (Å²) in [5.41, 5.74) is 3.86. The molecule has 0 spiro atoms. The largest absolute Gasteiger partial charge is 0.508 e. The van der Waals surface area contributed by atoms with Gasteiger partial charge in [-0.3, -0.25) is 14.8 Å². The maximum atomic E-state index is 10.9. The van der Waals surface area contributed by atoms with Crippen LogP contribution in [0.15, 0.2) is 70.0 Å². The summed E-state index contributed by atoms with van der Waals surface area (Å²) in [4.78, 5) is 19.1. The molecule has 4 nitrogen and oxygen atoms in total. The zero-order chi connectivity index (χ0) is 18.9. The summed E-state index contributed by atoms with van der Waals surface area (Å²) in [6.07, 6.45) is 8.31. The van der Waals surface area contributed by atoms with Gasteiger partial charge in [0.15, 0.2) is 0 Å². The first-order chi connectivity index (χ1) is 12.5. The average Bonchev–Trinajstić information content (AvgIpc) is 2.66. The molecular weight excluding hydrogens is 348 g/mol. The molecule has 0 amide bonds. The smallest absolute Gasteiger partial charge is 0.147 e. The van der Waals surface area contributed by atoms with Gasteiger partial charge < -0.3 is 5.11 Å². The molecule has 132 valence electrons. The highest BCUT2D eigenvalue weighted by Gasteiger charge is 2.09. The van der Waals surface area contributed by atoms with Gasteiger partial charge in [-0.1, -0.05) is 35.9 Å². The summed E-state index contributed by atoms with van der Waals surface area (Å²) in [5.74, 6) is 0.235. The first-order valence-corrected chi connectivity index (χ1v) is 8.30. The number of aldehydes is 1. The van der Waals surface area contributed by atoms with Crippen LogP contribution in [0.2, 0.25) is 0 Å². The molecule has 0 radical (unpaired) electrons. The van der Waals surface area contributed by atoms with Gasteiger partial charge >= 0.3 is 0 Å². The predicted octanol–water partition coefficient (Wildman–Crippen LogP) is 4.80. The number of carbonyl (C=O) groups is 1. The zero-order valence-electron chi connectivity index (χ0n) is 14.4. The highest BCUT2D eigenvalue weighted by molar-refractivity contribution is 6.33.